The molecule has 3 aromatic rings. The summed E-state index contributed by atoms with van der Waals surface area (Å²) < 4.78 is 6.80. The number of amides is 1. The van der Waals surface area contributed by atoms with Crippen molar-refractivity contribution in [2.75, 3.05) is 18.2 Å². The maximum atomic E-state index is 12.8. The van der Waals surface area contributed by atoms with Gasteiger partial charge in [-0.1, -0.05) is 41.6 Å². The lowest BCUT2D eigenvalue weighted by molar-refractivity contribution is -0.113. The average Bonchev–Trinajstić information content (AvgIpc) is 2.69. The number of benzene rings is 2. The number of anilines is 1. The lowest BCUT2D eigenvalue weighted by atomic mass is 10.1. The monoisotopic (exact) mass is 395 g/mol. The zero-order chi connectivity index (χ0) is 20.1. The van der Waals surface area contributed by atoms with Gasteiger partial charge in [-0.3, -0.25) is 14.2 Å². The van der Waals surface area contributed by atoms with Gasteiger partial charge in [0.05, 0.1) is 18.6 Å². The number of nitrogens with one attached hydrogen (secondary N) is 1. The maximum absolute atomic E-state index is 12.8. The van der Waals surface area contributed by atoms with Gasteiger partial charge in [0.2, 0.25) is 5.91 Å². The van der Waals surface area contributed by atoms with Crippen LogP contribution in [0.3, 0.4) is 0 Å². The molecule has 0 saturated carbocycles. The second kappa shape index (κ2) is 8.75. The largest absolute Gasteiger partial charge is 0.495 e. The minimum Gasteiger partial charge on any atom is -0.495 e. The van der Waals surface area contributed by atoms with Gasteiger partial charge in [0.1, 0.15) is 5.75 Å². The lowest BCUT2D eigenvalue weighted by Crippen LogP contribution is -2.22. The van der Waals surface area contributed by atoms with E-state index in [2.05, 4.69) is 10.3 Å². The van der Waals surface area contributed by atoms with E-state index in [1.807, 2.05) is 44.2 Å². The third-order valence-electron chi connectivity index (χ3n) is 4.15. The highest BCUT2D eigenvalue weighted by molar-refractivity contribution is 7.99. The molecule has 0 radical (unpaired) electrons. The molecule has 1 heterocycles. The van der Waals surface area contributed by atoms with Gasteiger partial charge in [-0.2, -0.15) is 0 Å². The summed E-state index contributed by atoms with van der Waals surface area (Å²) in [4.78, 5) is 29.2. The van der Waals surface area contributed by atoms with E-state index >= 15 is 0 Å². The van der Waals surface area contributed by atoms with E-state index in [1.54, 1.807) is 25.4 Å². The van der Waals surface area contributed by atoms with Crippen molar-refractivity contribution in [3.8, 4) is 11.4 Å². The molecule has 144 valence electrons. The number of carbonyl (C=O) groups excluding carboxylic acids is 1. The molecule has 7 heteroatoms. The SMILES string of the molecule is COc1ccccc1-n1ccnc(SCC(=O)Nc2ccc(C)cc2C)c1=O. The number of nitrogens with zero attached hydrogens (tertiary/aromatic N) is 2. The average molecular weight is 395 g/mol. The summed E-state index contributed by atoms with van der Waals surface area (Å²) >= 11 is 1.11. The first-order valence-corrected chi connectivity index (χ1v) is 9.69. The zero-order valence-electron chi connectivity index (χ0n) is 15.9. The highest BCUT2D eigenvalue weighted by Gasteiger charge is 2.13. The molecular formula is C21H21N3O3S. The van der Waals surface area contributed by atoms with Gasteiger partial charge >= 0.3 is 0 Å². The number of hydrogen-bond acceptors (Lipinski definition) is 5. The summed E-state index contributed by atoms with van der Waals surface area (Å²) in [5.74, 6) is 0.482. The first-order valence-electron chi connectivity index (χ1n) is 8.70. The minimum absolute atomic E-state index is 0.0888. The van der Waals surface area contributed by atoms with Crippen molar-refractivity contribution in [2.24, 2.45) is 0 Å². The van der Waals surface area contributed by atoms with E-state index in [0.717, 1.165) is 28.6 Å². The highest BCUT2D eigenvalue weighted by Crippen LogP contribution is 2.21. The van der Waals surface area contributed by atoms with Crippen LogP contribution in [0.25, 0.3) is 5.69 Å². The summed E-state index contributed by atoms with van der Waals surface area (Å²) in [5.41, 5.74) is 3.23. The molecule has 0 atom stereocenters. The number of aryl methyl sites for hydroxylation is 2. The molecule has 28 heavy (non-hydrogen) atoms. The normalized spacial score (nSPS) is 10.5. The molecule has 1 amide bonds. The standard InChI is InChI=1S/C21H21N3O3S/c1-14-8-9-16(15(2)12-14)23-19(25)13-28-20-21(26)24(11-10-22-20)17-6-4-5-7-18(17)27-3/h4-12H,13H2,1-3H3,(H,23,25). The summed E-state index contributed by atoms with van der Waals surface area (Å²) in [6, 6.07) is 13.1. The smallest absolute Gasteiger partial charge is 0.287 e. The minimum atomic E-state index is -0.295. The van der Waals surface area contributed by atoms with Crippen LogP contribution in [0.4, 0.5) is 5.69 Å². The third-order valence-corrected chi connectivity index (χ3v) is 5.11. The molecule has 1 aromatic heterocycles. The maximum Gasteiger partial charge on any atom is 0.287 e. The van der Waals surface area contributed by atoms with Crippen LogP contribution >= 0.6 is 11.8 Å². The molecule has 3 rings (SSSR count). The molecule has 0 saturated heterocycles. The first kappa shape index (κ1) is 19.7. The van der Waals surface area contributed by atoms with Gasteiger partial charge < -0.3 is 10.1 Å². The molecule has 0 aliphatic carbocycles. The van der Waals surface area contributed by atoms with Gasteiger partial charge in [-0.25, -0.2) is 4.98 Å². The molecule has 0 fully saturated rings. The Labute approximate surface area is 167 Å². The first-order chi connectivity index (χ1) is 13.5. The van der Waals surface area contributed by atoms with E-state index in [0.29, 0.717) is 11.4 Å². The van der Waals surface area contributed by atoms with Crippen molar-refractivity contribution in [2.45, 2.75) is 18.9 Å². The van der Waals surface area contributed by atoms with Crippen LogP contribution in [0.5, 0.6) is 5.75 Å². The van der Waals surface area contributed by atoms with E-state index in [1.165, 1.54) is 10.8 Å². The Kier molecular flexibility index (Phi) is 6.16. The summed E-state index contributed by atoms with van der Waals surface area (Å²) in [6.45, 7) is 3.95. The molecule has 0 aliphatic heterocycles. The summed E-state index contributed by atoms with van der Waals surface area (Å²) in [7, 11) is 1.55. The van der Waals surface area contributed by atoms with Crippen molar-refractivity contribution < 1.29 is 9.53 Å². The number of ether oxygens (including phenoxy) is 1. The van der Waals surface area contributed by atoms with Gasteiger partial charge in [-0.05, 0) is 37.6 Å². The van der Waals surface area contributed by atoms with E-state index in [4.69, 9.17) is 4.74 Å². The topological polar surface area (TPSA) is 73.2 Å². The third kappa shape index (κ3) is 4.43. The number of rotatable bonds is 6. The second-order valence-electron chi connectivity index (χ2n) is 6.23. The fourth-order valence-electron chi connectivity index (χ4n) is 2.79. The molecule has 1 N–H and O–H groups in total. The van der Waals surface area contributed by atoms with Crippen molar-refractivity contribution in [1.29, 1.82) is 0 Å². The fraction of sp³-hybridized carbons (Fsp3) is 0.190. The number of para-hydroxylation sites is 2. The van der Waals surface area contributed by atoms with Crippen LogP contribution in [0, 0.1) is 13.8 Å². The van der Waals surface area contributed by atoms with E-state index in [9.17, 15) is 9.59 Å². The van der Waals surface area contributed by atoms with Crippen LogP contribution in [0.2, 0.25) is 0 Å². The van der Waals surface area contributed by atoms with Crippen molar-refractivity contribution in [3.63, 3.8) is 0 Å². The molecule has 0 unspecified atom stereocenters. The van der Waals surface area contributed by atoms with Crippen LogP contribution in [0.1, 0.15) is 11.1 Å². The van der Waals surface area contributed by atoms with Crippen LogP contribution < -0.4 is 15.6 Å². The summed E-state index contributed by atoms with van der Waals surface area (Å²) in [5, 5.41) is 3.13. The molecule has 0 aliphatic rings. The van der Waals surface area contributed by atoms with Gasteiger partial charge in [0, 0.05) is 18.1 Å². The Bertz CT molecular complexity index is 1060. The van der Waals surface area contributed by atoms with Gasteiger partial charge in [0.25, 0.3) is 5.56 Å². The van der Waals surface area contributed by atoms with Crippen molar-refractivity contribution >= 4 is 23.4 Å². The molecule has 0 bridgehead atoms. The number of thioether (sulfide) groups is 1. The molecule has 2 aromatic carbocycles. The lowest BCUT2D eigenvalue weighted by Gasteiger charge is -2.11. The number of carbonyl (C=O) groups is 1. The van der Waals surface area contributed by atoms with Crippen LogP contribution in [-0.2, 0) is 4.79 Å². The van der Waals surface area contributed by atoms with Gasteiger partial charge in [-0.15, -0.1) is 0 Å². The highest BCUT2D eigenvalue weighted by atomic mass is 32.2. The Hall–Kier alpha value is -3.06. The van der Waals surface area contributed by atoms with Crippen LogP contribution in [-0.4, -0.2) is 28.3 Å². The molecule has 6 nitrogen and oxygen atoms in total. The predicted molar refractivity (Wildman–Crippen MR) is 112 cm³/mol. The number of methoxy groups -OCH3 is 1. The quantitative estimate of drug-likeness (QED) is 0.646. The van der Waals surface area contributed by atoms with E-state index in [-0.39, 0.29) is 22.2 Å². The number of hydrogen-bond donors (Lipinski definition) is 1. The Morgan fingerprint density at radius 3 is 2.75 bits per heavy atom. The van der Waals surface area contributed by atoms with Crippen molar-refractivity contribution in [1.82, 2.24) is 9.55 Å². The van der Waals surface area contributed by atoms with E-state index < -0.39 is 0 Å². The van der Waals surface area contributed by atoms with Crippen LogP contribution in [0.15, 0.2) is 64.7 Å². The zero-order valence-corrected chi connectivity index (χ0v) is 16.7. The van der Waals surface area contributed by atoms with Gasteiger partial charge in [0.15, 0.2) is 5.03 Å². The Balaban J connectivity index is 1.75. The number of aromatic nitrogens is 2. The second-order valence-corrected chi connectivity index (χ2v) is 7.20. The Morgan fingerprint density at radius 2 is 2.00 bits per heavy atom. The fourth-order valence-corrected chi connectivity index (χ4v) is 3.48. The van der Waals surface area contributed by atoms with Crippen molar-refractivity contribution in [3.05, 3.63) is 76.3 Å². The summed E-state index contributed by atoms with van der Waals surface area (Å²) in [6.07, 6.45) is 3.12. The molecule has 0 spiro atoms. The predicted octanol–water partition coefficient (Wildman–Crippen LogP) is 3.59. The Morgan fingerprint density at radius 1 is 1.21 bits per heavy atom. The molecular weight excluding hydrogens is 374 g/mol.